The smallest absolute Gasteiger partial charge is 0.257 e. The number of primary amides is 1. The van der Waals surface area contributed by atoms with Gasteiger partial charge in [-0.1, -0.05) is 6.07 Å². The molecule has 0 radical (unpaired) electrons. The van der Waals surface area contributed by atoms with Crippen LogP contribution in [0.2, 0.25) is 0 Å². The first-order valence-electron chi connectivity index (χ1n) is 12.1. The monoisotopic (exact) mass is 544 g/mol. The number of benzene rings is 2. The van der Waals surface area contributed by atoms with Crippen molar-refractivity contribution in [3.63, 3.8) is 0 Å². The van der Waals surface area contributed by atoms with Crippen molar-refractivity contribution in [2.24, 2.45) is 5.73 Å². The number of aromatic nitrogens is 2. The fourth-order valence-corrected chi connectivity index (χ4v) is 6.32. The van der Waals surface area contributed by atoms with E-state index < -0.39 is 38.4 Å². The van der Waals surface area contributed by atoms with Gasteiger partial charge in [-0.25, -0.2) is 17.2 Å². The normalized spacial score (nSPS) is 16.4. The van der Waals surface area contributed by atoms with Gasteiger partial charge in [0.25, 0.3) is 5.91 Å². The Labute approximate surface area is 217 Å². The van der Waals surface area contributed by atoms with Crippen LogP contribution in [-0.2, 0) is 29.5 Å². The van der Waals surface area contributed by atoms with Gasteiger partial charge in [0.2, 0.25) is 15.9 Å². The lowest BCUT2D eigenvalue weighted by Crippen LogP contribution is -2.36. The Balaban J connectivity index is 1.37. The average molecular weight is 545 g/mol. The predicted molar refractivity (Wildman–Crippen MR) is 134 cm³/mol. The lowest BCUT2D eigenvalue weighted by Gasteiger charge is -2.26. The van der Waals surface area contributed by atoms with E-state index >= 15 is 0 Å². The number of H-pyrrole nitrogens is 1. The number of fused-ring (bicyclic) bond motifs is 1. The molecule has 0 atom stereocenters. The van der Waals surface area contributed by atoms with E-state index in [0.29, 0.717) is 23.9 Å². The third-order valence-electron chi connectivity index (χ3n) is 6.80. The van der Waals surface area contributed by atoms with Crippen molar-refractivity contribution in [3.05, 3.63) is 76.0 Å². The van der Waals surface area contributed by atoms with E-state index in [4.69, 9.17) is 5.73 Å². The molecule has 2 aliphatic rings. The number of hydrogen-bond acceptors (Lipinski definition) is 6. The largest absolute Gasteiger partial charge is 0.366 e. The van der Waals surface area contributed by atoms with Gasteiger partial charge in [0.1, 0.15) is 11.6 Å². The van der Waals surface area contributed by atoms with Crippen molar-refractivity contribution in [1.82, 2.24) is 19.4 Å². The molecule has 13 heteroatoms. The summed E-state index contributed by atoms with van der Waals surface area (Å²) in [5.74, 6) is -3.30. The van der Waals surface area contributed by atoms with Gasteiger partial charge in [-0.2, -0.15) is 9.40 Å². The number of carbonyl (C=O) groups is 2. The van der Waals surface area contributed by atoms with Crippen LogP contribution in [0.15, 0.2) is 41.3 Å². The number of anilines is 1. The molecule has 0 spiro atoms. The highest BCUT2D eigenvalue weighted by Crippen LogP contribution is 2.29. The maximum atomic E-state index is 13.7. The van der Waals surface area contributed by atoms with E-state index in [9.17, 15) is 26.8 Å². The van der Waals surface area contributed by atoms with Crippen LogP contribution in [0.4, 0.5) is 14.6 Å². The van der Waals surface area contributed by atoms with Crippen LogP contribution in [0.5, 0.6) is 0 Å². The molecule has 200 valence electrons. The zero-order chi connectivity index (χ0) is 27.0. The summed E-state index contributed by atoms with van der Waals surface area (Å²) in [6.45, 7) is 2.46. The molecule has 5 rings (SSSR count). The van der Waals surface area contributed by atoms with Gasteiger partial charge in [-0.05, 0) is 55.8 Å². The van der Waals surface area contributed by atoms with E-state index in [1.165, 1.54) is 6.07 Å². The fraction of sp³-hybridized carbons (Fsp3) is 0.320. The second-order valence-electron chi connectivity index (χ2n) is 9.40. The molecular weight excluding hydrogens is 518 g/mol. The maximum Gasteiger partial charge on any atom is 0.257 e. The molecule has 2 aromatic carbocycles. The Hall–Kier alpha value is -3.68. The zero-order valence-electron chi connectivity index (χ0n) is 20.3. The maximum absolute atomic E-state index is 13.7. The number of aromatic amines is 1. The molecule has 0 saturated carbocycles. The summed E-state index contributed by atoms with van der Waals surface area (Å²) in [6, 6.07) is 7.02. The SMILES string of the molecule is NC(=O)c1cc(CN2CCCC2)ccc1C(=O)Nc1n[nH]c2c1CN(S(=O)(=O)c1cc(F)cc(F)c1)CC2. The predicted octanol–water partition coefficient (Wildman–Crippen LogP) is 2.38. The summed E-state index contributed by atoms with van der Waals surface area (Å²) in [6.07, 6.45) is 2.48. The standard InChI is InChI=1S/C25H26F2N6O4S/c26-16-10-17(27)12-18(11-16)38(36,37)33-8-5-22-21(14-33)24(31-30-22)29-25(35)19-4-3-15(9-20(19)23(28)34)13-32-6-1-2-7-32/h3-4,9-12H,1-2,5-8,13-14H2,(H2,28,34)(H2,29,30,31,35). The van der Waals surface area contributed by atoms with Crippen molar-refractivity contribution in [2.75, 3.05) is 25.0 Å². The van der Waals surface area contributed by atoms with Crippen LogP contribution < -0.4 is 11.1 Å². The Morgan fingerprint density at radius 3 is 2.42 bits per heavy atom. The molecule has 2 amide bonds. The van der Waals surface area contributed by atoms with Gasteiger partial charge >= 0.3 is 0 Å². The number of halogens is 2. The number of nitrogens with one attached hydrogen (secondary N) is 2. The minimum absolute atomic E-state index is 0.0490. The highest BCUT2D eigenvalue weighted by molar-refractivity contribution is 7.89. The topological polar surface area (TPSA) is 141 Å². The van der Waals surface area contributed by atoms with Crippen LogP contribution in [0.3, 0.4) is 0 Å². The molecule has 0 aliphatic carbocycles. The summed E-state index contributed by atoms with van der Waals surface area (Å²) in [5.41, 5.74) is 7.61. The van der Waals surface area contributed by atoms with E-state index in [1.54, 1.807) is 12.1 Å². The Morgan fingerprint density at radius 1 is 1.03 bits per heavy atom. The number of carbonyl (C=O) groups excluding carboxylic acids is 2. The fourth-order valence-electron chi connectivity index (χ4n) is 4.87. The first-order valence-corrected chi connectivity index (χ1v) is 13.5. The average Bonchev–Trinajstić information content (AvgIpc) is 3.53. The van der Waals surface area contributed by atoms with Crippen LogP contribution in [0, 0.1) is 11.6 Å². The van der Waals surface area contributed by atoms with E-state index in [1.807, 2.05) is 0 Å². The number of sulfonamides is 1. The van der Waals surface area contributed by atoms with Crippen molar-refractivity contribution >= 4 is 27.7 Å². The quantitative estimate of drug-likeness (QED) is 0.417. The van der Waals surface area contributed by atoms with Crippen molar-refractivity contribution in [1.29, 1.82) is 0 Å². The van der Waals surface area contributed by atoms with Gasteiger partial charge in [0.05, 0.1) is 16.0 Å². The van der Waals surface area contributed by atoms with Gasteiger partial charge in [0, 0.05) is 43.4 Å². The molecule has 3 aromatic rings. The van der Waals surface area contributed by atoms with Gasteiger partial charge in [-0.3, -0.25) is 19.6 Å². The van der Waals surface area contributed by atoms with E-state index in [2.05, 4.69) is 20.4 Å². The Bertz CT molecular complexity index is 1500. The number of likely N-dealkylation sites (tertiary alicyclic amines) is 1. The lowest BCUT2D eigenvalue weighted by atomic mass is 10.0. The van der Waals surface area contributed by atoms with E-state index in [0.717, 1.165) is 47.9 Å². The summed E-state index contributed by atoms with van der Waals surface area (Å²) < 4.78 is 54.6. The van der Waals surface area contributed by atoms with Gasteiger partial charge in [0.15, 0.2) is 5.82 Å². The molecular formula is C25H26F2N6O4S. The molecule has 38 heavy (non-hydrogen) atoms. The van der Waals surface area contributed by atoms with E-state index in [-0.39, 0.29) is 36.5 Å². The van der Waals surface area contributed by atoms with Crippen molar-refractivity contribution in [2.45, 2.75) is 37.2 Å². The molecule has 4 N–H and O–H groups in total. The third kappa shape index (κ3) is 5.17. The molecule has 1 saturated heterocycles. The Kier molecular flexibility index (Phi) is 6.99. The minimum atomic E-state index is -4.22. The highest BCUT2D eigenvalue weighted by atomic mass is 32.2. The van der Waals surface area contributed by atoms with Crippen molar-refractivity contribution < 1.29 is 26.8 Å². The lowest BCUT2D eigenvalue weighted by molar-refractivity contribution is 0.0976. The molecule has 0 unspecified atom stereocenters. The molecule has 10 nitrogen and oxygen atoms in total. The second-order valence-corrected chi connectivity index (χ2v) is 11.3. The first-order chi connectivity index (χ1) is 18.1. The molecule has 3 heterocycles. The third-order valence-corrected chi connectivity index (χ3v) is 8.63. The zero-order valence-corrected chi connectivity index (χ0v) is 21.2. The van der Waals surface area contributed by atoms with Gasteiger partial charge in [-0.15, -0.1) is 0 Å². The van der Waals surface area contributed by atoms with Gasteiger partial charge < -0.3 is 11.1 Å². The number of nitrogens with zero attached hydrogens (tertiary/aromatic N) is 3. The van der Waals surface area contributed by atoms with Crippen LogP contribution in [0.25, 0.3) is 0 Å². The number of hydrogen-bond donors (Lipinski definition) is 3. The summed E-state index contributed by atoms with van der Waals surface area (Å²) >= 11 is 0. The van der Waals surface area contributed by atoms with Crippen molar-refractivity contribution in [3.8, 4) is 0 Å². The molecule has 1 aromatic heterocycles. The number of nitrogens with two attached hydrogens (primary N) is 1. The second kappa shape index (κ2) is 10.2. The summed E-state index contributed by atoms with van der Waals surface area (Å²) in [7, 11) is -4.22. The molecule has 0 bridgehead atoms. The molecule has 2 aliphatic heterocycles. The van der Waals surface area contributed by atoms with Crippen LogP contribution in [0.1, 0.15) is 50.4 Å². The minimum Gasteiger partial charge on any atom is -0.366 e. The summed E-state index contributed by atoms with van der Waals surface area (Å²) in [5, 5.41) is 9.56. The summed E-state index contributed by atoms with van der Waals surface area (Å²) in [4.78, 5) is 27.1. The Morgan fingerprint density at radius 2 is 1.74 bits per heavy atom. The number of rotatable bonds is 7. The van der Waals surface area contributed by atoms with Crippen LogP contribution >= 0.6 is 0 Å². The first kappa shape index (κ1) is 25.9. The molecule has 1 fully saturated rings. The highest BCUT2D eigenvalue weighted by Gasteiger charge is 2.32. The van der Waals surface area contributed by atoms with Crippen LogP contribution in [-0.4, -0.2) is 59.3 Å². The number of amides is 2.